The topological polar surface area (TPSA) is 39.2 Å². The van der Waals surface area contributed by atoms with Crippen molar-refractivity contribution in [2.24, 2.45) is 0 Å². The third kappa shape index (κ3) is 2.24. The number of benzene rings is 1. The molecule has 3 rings (SSSR count). The van der Waals surface area contributed by atoms with E-state index in [1.54, 1.807) is 0 Å². The highest BCUT2D eigenvalue weighted by atomic mass is 16.5. The second-order valence-corrected chi connectivity index (χ2v) is 4.73. The number of para-hydroxylation sites is 1. The highest BCUT2D eigenvalue weighted by Crippen LogP contribution is 2.20. The van der Waals surface area contributed by atoms with E-state index in [1.807, 2.05) is 43.3 Å². The molecule has 0 unspecified atom stereocenters. The minimum Gasteiger partial charge on any atom is -0.490 e. The Balaban J connectivity index is 2.05. The van der Waals surface area contributed by atoms with Crippen LogP contribution in [0.2, 0.25) is 0 Å². The average Bonchev–Trinajstić information content (AvgIpc) is 2.47. The largest absolute Gasteiger partial charge is 0.490 e. The maximum atomic E-state index is 12.3. The highest BCUT2D eigenvalue weighted by Gasteiger charge is 2.18. The summed E-state index contributed by atoms with van der Waals surface area (Å²) in [5, 5.41) is 1.08. The molecule has 0 saturated heterocycles. The van der Waals surface area contributed by atoms with Gasteiger partial charge in [0.25, 0.3) is 0 Å². The van der Waals surface area contributed by atoms with E-state index >= 15 is 0 Å². The summed E-state index contributed by atoms with van der Waals surface area (Å²) < 4.78 is 5.42. The monoisotopic (exact) mass is 253 g/mol. The molecule has 2 heterocycles. The molecule has 0 N–H and O–H groups in total. The standard InChI is InChI=1S/C16H15NO2/c1-11-10-14(16(18)15-8-4-5-9-19-15)17-13-7-3-2-6-12(11)13/h2-3,6-8,10H,4-5,9H2,1H3. The molecule has 1 aromatic carbocycles. The smallest absolute Gasteiger partial charge is 0.245 e. The molecule has 0 aliphatic carbocycles. The molecule has 1 aromatic heterocycles. The van der Waals surface area contributed by atoms with Gasteiger partial charge in [-0.3, -0.25) is 4.79 Å². The molecule has 0 bridgehead atoms. The Morgan fingerprint density at radius 1 is 1.32 bits per heavy atom. The fraction of sp³-hybridized carbons (Fsp3) is 0.250. The molecular weight excluding hydrogens is 238 g/mol. The van der Waals surface area contributed by atoms with Crippen LogP contribution in [-0.2, 0) is 4.74 Å². The van der Waals surface area contributed by atoms with Crippen LogP contribution >= 0.6 is 0 Å². The molecule has 1 aliphatic heterocycles. The van der Waals surface area contributed by atoms with Gasteiger partial charge in [0.1, 0.15) is 5.69 Å². The lowest BCUT2D eigenvalue weighted by Gasteiger charge is -2.14. The van der Waals surface area contributed by atoms with Crippen LogP contribution in [0, 0.1) is 6.92 Å². The van der Waals surface area contributed by atoms with Crippen molar-refractivity contribution in [3.8, 4) is 0 Å². The zero-order chi connectivity index (χ0) is 13.2. The lowest BCUT2D eigenvalue weighted by atomic mass is 10.1. The summed E-state index contributed by atoms with van der Waals surface area (Å²) in [6, 6.07) is 9.69. The van der Waals surface area contributed by atoms with Crippen molar-refractivity contribution in [1.82, 2.24) is 4.98 Å². The number of pyridine rings is 1. The van der Waals surface area contributed by atoms with E-state index in [2.05, 4.69) is 4.98 Å². The summed E-state index contributed by atoms with van der Waals surface area (Å²) in [5.74, 6) is 0.321. The third-order valence-corrected chi connectivity index (χ3v) is 3.32. The lowest BCUT2D eigenvalue weighted by molar-refractivity contribution is 0.0894. The number of hydrogen-bond donors (Lipinski definition) is 0. The van der Waals surface area contributed by atoms with Crippen molar-refractivity contribution in [3.63, 3.8) is 0 Å². The Hall–Kier alpha value is -2.16. The van der Waals surface area contributed by atoms with Gasteiger partial charge >= 0.3 is 0 Å². The molecule has 2 aromatic rings. The molecule has 0 amide bonds. The molecule has 0 atom stereocenters. The van der Waals surface area contributed by atoms with Gasteiger partial charge in [0.15, 0.2) is 5.76 Å². The molecule has 0 spiro atoms. The Kier molecular flexibility index (Phi) is 3.03. The number of ketones is 1. The molecule has 3 heteroatoms. The molecule has 0 radical (unpaired) electrons. The number of aryl methyl sites for hydroxylation is 1. The maximum absolute atomic E-state index is 12.3. The summed E-state index contributed by atoms with van der Waals surface area (Å²) in [6.07, 6.45) is 3.73. The summed E-state index contributed by atoms with van der Waals surface area (Å²) in [6.45, 7) is 2.61. The van der Waals surface area contributed by atoms with Gasteiger partial charge in [-0.1, -0.05) is 18.2 Å². The van der Waals surface area contributed by atoms with Crippen LogP contribution in [0.1, 0.15) is 28.9 Å². The number of rotatable bonds is 2. The van der Waals surface area contributed by atoms with E-state index in [-0.39, 0.29) is 5.78 Å². The zero-order valence-electron chi connectivity index (χ0n) is 10.8. The third-order valence-electron chi connectivity index (χ3n) is 3.32. The van der Waals surface area contributed by atoms with Crippen molar-refractivity contribution in [2.45, 2.75) is 19.8 Å². The first-order chi connectivity index (χ1) is 9.25. The molecular formula is C16H15NO2. The number of nitrogens with zero attached hydrogens (tertiary/aromatic N) is 1. The minimum absolute atomic E-state index is 0.117. The Morgan fingerprint density at radius 2 is 2.16 bits per heavy atom. The number of fused-ring (bicyclic) bond motifs is 1. The SMILES string of the molecule is Cc1cc(C(=O)C2=CCCCO2)nc2ccccc12. The second kappa shape index (κ2) is 4.84. The van der Waals surface area contributed by atoms with Crippen molar-refractivity contribution in [2.75, 3.05) is 6.61 Å². The summed E-state index contributed by atoms with van der Waals surface area (Å²) in [7, 11) is 0. The Bertz CT molecular complexity index is 674. The molecule has 96 valence electrons. The van der Waals surface area contributed by atoms with Gasteiger partial charge < -0.3 is 4.74 Å². The van der Waals surface area contributed by atoms with Gasteiger partial charge in [-0.15, -0.1) is 0 Å². The van der Waals surface area contributed by atoms with Crippen molar-refractivity contribution >= 4 is 16.7 Å². The predicted molar refractivity (Wildman–Crippen MR) is 74.1 cm³/mol. The molecule has 0 fully saturated rings. The average molecular weight is 253 g/mol. The van der Waals surface area contributed by atoms with Gasteiger partial charge in [0.2, 0.25) is 5.78 Å². The fourth-order valence-electron chi connectivity index (χ4n) is 2.31. The van der Waals surface area contributed by atoms with Crippen LogP contribution in [0.4, 0.5) is 0 Å². The highest BCUT2D eigenvalue weighted by molar-refractivity contribution is 6.07. The van der Waals surface area contributed by atoms with Gasteiger partial charge in [-0.05, 0) is 43.5 Å². The summed E-state index contributed by atoms with van der Waals surface area (Å²) >= 11 is 0. The molecule has 1 aliphatic rings. The fourth-order valence-corrected chi connectivity index (χ4v) is 2.31. The molecule has 19 heavy (non-hydrogen) atoms. The summed E-state index contributed by atoms with van der Waals surface area (Å²) in [4.78, 5) is 16.8. The quantitative estimate of drug-likeness (QED) is 0.770. The number of carbonyl (C=O) groups excluding carboxylic acids is 1. The number of hydrogen-bond acceptors (Lipinski definition) is 3. The van der Waals surface area contributed by atoms with Crippen LogP contribution in [-0.4, -0.2) is 17.4 Å². The number of carbonyl (C=O) groups is 1. The van der Waals surface area contributed by atoms with Crippen molar-refractivity contribution < 1.29 is 9.53 Å². The molecule has 0 saturated carbocycles. The number of ether oxygens (including phenoxy) is 1. The van der Waals surface area contributed by atoms with E-state index in [0.717, 1.165) is 29.3 Å². The maximum Gasteiger partial charge on any atom is 0.245 e. The minimum atomic E-state index is -0.117. The summed E-state index contributed by atoms with van der Waals surface area (Å²) in [5.41, 5.74) is 2.37. The first-order valence-corrected chi connectivity index (χ1v) is 6.50. The van der Waals surface area contributed by atoms with Gasteiger partial charge in [0, 0.05) is 5.39 Å². The van der Waals surface area contributed by atoms with Crippen LogP contribution < -0.4 is 0 Å². The van der Waals surface area contributed by atoms with E-state index in [9.17, 15) is 4.79 Å². The first-order valence-electron chi connectivity index (χ1n) is 6.50. The van der Waals surface area contributed by atoms with Crippen LogP contribution in [0.15, 0.2) is 42.2 Å². The zero-order valence-corrected chi connectivity index (χ0v) is 10.8. The van der Waals surface area contributed by atoms with E-state index in [0.29, 0.717) is 18.1 Å². The molecule has 3 nitrogen and oxygen atoms in total. The number of aromatic nitrogens is 1. The normalized spacial score (nSPS) is 14.9. The first kappa shape index (κ1) is 11.9. The Morgan fingerprint density at radius 3 is 2.95 bits per heavy atom. The van der Waals surface area contributed by atoms with Crippen molar-refractivity contribution in [3.05, 3.63) is 53.4 Å². The van der Waals surface area contributed by atoms with E-state index < -0.39 is 0 Å². The van der Waals surface area contributed by atoms with Crippen LogP contribution in [0.5, 0.6) is 0 Å². The lowest BCUT2D eigenvalue weighted by Crippen LogP contribution is -2.13. The van der Waals surface area contributed by atoms with E-state index in [4.69, 9.17) is 4.74 Å². The van der Waals surface area contributed by atoms with Crippen LogP contribution in [0.3, 0.4) is 0 Å². The van der Waals surface area contributed by atoms with Gasteiger partial charge in [0.05, 0.1) is 12.1 Å². The van der Waals surface area contributed by atoms with Gasteiger partial charge in [-0.25, -0.2) is 4.98 Å². The van der Waals surface area contributed by atoms with Gasteiger partial charge in [-0.2, -0.15) is 0 Å². The number of Topliss-reactive ketones (excluding diaryl/α,β-unsaturated/α-hetero) is 1. The predicted octanol–water partition coefficient (Wildman–Crippen LogP) is 3.42. The number of allylic oxidation sites excluding steroid dienone is 2. The second-order valence-electron chi connectivity index (χ2n) is 4.73. The van der Waals surface area contributed by atoms with E-state index in [1.165, 1.54) is 0 Å². The van der Waals surface area contributed by atoms with Crippen LogP contribution in [0.25, 0.3) is 10.9 Å². The Labute approximate surface area is 111 Å². The van der Waals surface area contributed by atoms with Crippen molar-refractivity contribution in [1.29, 1.82) is 0 Å².